The summed E-state index contributed by atoms with van der Waals surface area (Å²) in [5.74, 6) is -1.82. The Morgan fingerprint density at radius 1 is 1.62 bits per heavy atom. The number of fused-ring (bicyclic) bond motifs is 1. The Labute approximate surface area is 129 Å². The molecular weight excluding hydrogens is 318 g/mol. The first-order valence-corrected chi connectivity index (χ1v) is 7.38. The van der Waals surface area contributed by atoms with Gasteiger partial charge in [0.1, 0.15) is 23.7 Å². The fourth-order valence-electron chi connectivity index (χ4n) is 2.14. The molecule has 10 heteroatoms. The molecule has 21 heavy (non-hydrogen) atoms. The van der Waals surface area contributed by atoms with E-state index in [1.54, 1.807) is 0 Å². The number of thioether (sulfide) groups is 1. The number of rotatable bonds is 4. The molecule has 1 saturated heterocycles. The Hall–Kier alpha value is -1.81. The minimum absolute atomic E-state index is 0.0137. The summed E-state index contributed by atoms with van der Waals surface area (Å²) in [7, 11) is 0. The molecule has 2 rings (SSSR count). The molecule has 0 radical (unpaired) electrons. The Morgan fingerprint density at radius 3 is 2.81 bits per heavy atom. The summed E-state index contributed by atoms with van der Waals surface area (Å²) in [6.45, 7) is 1.09. The van der Waals surface area contributed by atoms with Gasteiger partial charge in [0.15, 0.2) is 5.11 Å². The number of aliphatic carboxylic acids is 1. The Kier molecular flexibility index (Phi) is 4.37. The van der Waals surface area contributed by atoms with Crippen LogP contribution < -0.4 is 11.1 Å². The number of nitrogens with zero attached hydrogens (tertiary/aromatic N) is 1. The zero-order chi connectivity index (χ0) is 15.7. The lowest BCUT2D eigenvalue weighted by atomic mass is 10.0. The van der Waals surface area contributed by atoms with Crippen molar-refractivity contribution in [1.82, 2.24) is 10.2 Å². The van der Waals surface area contributed by atoms with Gasteiger partial charge in [-0.3, -0.25) is 14.5 Å². The lowest BCUT2D eigenvalue weighted by Gasteiger charge is -2.49. The summed E-state index contributed by atoms with van der Waals surface area (Å²) in [4.78, 5) is 35.5. The molecule has 2 atom stereocenters. The fraction of sp³-hybridized carbons (Fsp3) is 0.455. The second-order valence-corrected chi connectivity index (χ2v) is 5.98. The summed E-state index contributed by atoms with van der Waals surface area (Å²) in [6, 6.07) is -0.628. The number of β-lactam (4-membered cyclic amide) rings is 1. The fourth-order valence-corrected chi connectivity index (χ4v) is 3.59. The second-order valence-electron chi connectivity index (χ2n) is 4.43. The van der Waals surface area contributed by atoms with E-state index in [-0.39, 0.29) is 22.8 Å². The van der Waals surface area contributed by atoms with Gasteiger partial charge in [0.25, 0.3) is 5.91 Å². The van der Waals surface area contributed by atoms with E-state index in [1.807, 2.05) is 0 Å². The van der Waals surface area contributed by atoms with E-state index in [1.165, 1.54) is 23.6 Å². The largest absolute Gasteiger partial charge is 0.477 e. The zero-order valence-electron chi connectivity index (χ0n) is 11.0. The van der Waals surface area contributed by atoms with Crippen molar-refractivity contribution in [2.45, 2.75) is 18.3 Å². The molecule has 1 fully saturated rings. The van der Waals surface area contributed by atoms with Crippen LogP contribution in [-0.2, 0) is 19.1 Å². The van der Waals surface area contributed by atoms with Crippen molar-refractivity contribution in [3.63, 3.8) is 0 Å². The molecule has 0 aromatic rings. The van der Waals surface area contributed by atoms with Crippen LogP contribution in [0.25, 0.3) is 0 Å². The molecule has 1 amide bonds. The van der Waals surface area contributed by atoms with Crippen LogP contribution in [0.3, 0.4) is 0 Å². The molecule has 114 valence electrons. The van der Waals surface area contributed by atoms with Gasteiger partial charge in [-0.15, -0.1) is 11.8 Å². The molecule has 2 aliphatic heterocycles. The number of carboxylic acids is 1. The number of hydrogen-bond acceptors (Lipinski definition) is 6. The van der Waals surface area contributed by atoms with Crippen LogP contribution in [0, 0.1) is 0 Å². The number of thiocarbonyl (C=S) groups is 1. The van der Waals surface area contributed by atoms with E-state index in [0.29, 0.717) is 11.3 Å². The lowest BCUT2D eigenvalue weighted by molar-refractivity contribution is -0.148. The highest BCUT2D eigenvalue weighted by atomic mass is 32.2. The van der Waals surface area contributed by atoms with Crippen LogP contribution in [0.1, 0.15) is 6.92 Å². The topological polar surface area (TPSA) is 122 Å². The summed E-state index contributed by atoms with van der Waals surface area (Å²) in [5, 5.41) is 11.6. The normalized spacial score (nSPS) is 24.0. The van der Waals surface area contributed by atoms with Crippen LogP contribution in [0.15, 0.2) is 11.3 Å². The van der Waals surface area contributed by atoms with Gasteiger partial charge in [0.05, 0.1) is 0 Å². The van der Waals surface area contributed by atoms with Crippen molar-refractivity contribution in [3.8, 4) is 0 Å². The number of nitrogens with two attached hydrogens (primary N) is 1. The highest BCUT2D eigenvalue weighted by Crippen LogP contribution is 2.40. The van der Waals surface area contributed by atoms with Gasteiger partial charge >= 0.3 is 11.9 Å². The van der Waals surface area contributed by atoms with Gasteiger partial charge in [-0.1, -0.05) is 0 Å². The van der Waals surface area contributed by atoms with Gasteiger partial charge < -0.3 is 20.9 Å². The maximum atomic E-state index is 12.1. The van der Waals surface area contributed by atoms with Crippen molar-refractivity contribution in [1.29, 1.82) is 0 Å². The van der Waals surface area contributed by atoms with E-state index in [0.717, 1.165) is 0 Å². The predicted molar refractivity (Wildman–Crippen MR) is 78.1 cm³/mol. The summed E-state index contributed by atoms with van der Waals surface area (Å²) >= 11 is 6.06. The summed E-state index contributed by atoms with van der Waals surface area (Å²) in [6.07, 6.45) is 0. The minimum Gasteiger partial charge on any atom is -0.477 e. The third-order valence-corrected chi connectivity index (χ3v) is 4.45. The van der Waals surface area contributed by atoms with E-state index >= 15 is 0 Å². The van der Waals surface area contributed by atoms with Crippen molar-refractivity contribution in [2.24, 2.45) is 5.73 Å². The van der Waals surface area contributed by atoms with Crippen LogP contribution in [0.4, 0.5) is 0 Å². The van der Waals surface area contributed by atoms with Crippen LogP contribution in [0.2, 0.25) is 0 Å². The number of amides is 1. The Bertz CT molecular complexity index is 562. The van der Waals surface area contributed by atoms with E-state index in [4.69, 9.17) is 22.7 Å². The van der Waals surface area contributed by atoms with E-state index in [9.17, 15) is 19.5 Å². The zero-order valence-corrected chi connectivity index (χ0v) is 12.6. The Balaban J connectivity index is 2.22. The number of carbonyl (C=O) groups excluding carboxylic acids is 2. The maximum Gasteiger partial charge on any atom is 0.352 e. The van der Waals surface area contributed by atoms with Gasteiger partial charge in [-0.2, -0.15) is 0 Å². The molecule has 8 nitrogen and oxygen atoms in total. The molecule has 0 bridgehead atoms. The van der Waals surface area contributed by atoms with Crippen LogP contribution in [0.5, 0.6) is 0 Å². The number of carbonyl (C=O) groups is 3. The Morgan fingerprint density at radius 2 is 2.29 bits per heavy atom. The molecule has 2 aliphatic rings. The van der Waals surface area contributed by atoms with Gasteiger partial charge in [0.2, 0.25) is 0 Å². The lowest BCUT2D eigenvalue weighted by Crippen LogP contribution is -2.71. The van der Waals surface area contributed by atoms with Crippen LogP contribution in [-0.4, -0.2) is 56.7 Å². The number of esters is 1. The number of hydrogen-bond donors (Lipinski definition) is 3. The highest BCUT2D eigenvalue weighted by molar-refractivity contribution is 8.00. The first-order chi connectivity index (χ1) is 9.82. The van der Waals surface area contributed by atoms with Gasteiger partial charge in [-0.05, 0) is 12.2 Å². The molecule has 0 aliphatic carbocycles. The average Bonchev–Trinajstić information content (AvgIpc) is 2.40. The molecule has 0 saturated carbocycles. The molecular formula is C11H13N3O5S2. The maximum absolute atomic E-state index is 12.1. The van der Waals surface area contributed by atoms with Crippen molar-refractivity contribution >= 4 is 46.9 Å². The van der Waals surface area contributed by atoms with Crippen LogP contribution >= 0.6 is 24.0 Å². The number of ether oxygens (including phenoxy) is 1. The van der Waals surface area contributed by atoms with Crippen molar-refractivity contribution in [3.05, 3.63) is 11.3 Å². The first-order valence-electron chi connectivity index (χ1n) is 5.92. The second kappa shape index (κ2) is 5.90. The molecule has 0 aromatic carbocycles. The van der Waals surface area contributed by atoms with Gasteiger partial charge in [0, 0.05) is 18.2 Å². The molecule has 2 heterocycles. The third-order valence-electron chi connectivity index (χ3n) is 3.00. The van der Waals surface area contributed by atoms with E-state index in [2.05, 4.69) is 5.32 Å². The summed E-state index contributed by atoms with van der Waals surface area (Å²) < 4.78 is 4.83. The van der Waals surface area contributed by atoms with Crippen molar-refractivity contribution < 1.29 is 24.2 Å². The quantitative estimate of drug-likeness (QED) is 0.338. The van der Waals surface area contributed by atoms with E-state index < -0.39 is 23.9 Å². The monoisotopic (exact) mass is 331 g/mol. The van der Waals surface area contributed by atoms with Gasteiger partial charge in [-0.25, -0.2) is 4.79 Å². The number of carboxylic acid groups (broad SMARTS) is 1. The molecule has 0 aromatic heterocycles. The molecule has 0 unspecified atom stereocenters. The van der Waals surface area contributed by atoms with Crippen molar-refractivity contribution in [2.75, 3.05) is 12.4 Å². The summed E-state index contributed by atoms with van der Waals surface area (Å²) in [5.41, 5.74) is 5.60. The number of nitrogens with one attached hydrogen (secondary N) is 1. The molecule has 0 spiro atoms. The third kappa shape index (κ3) is 2.95. The highest BCUT2D eigenvalue weighted by Gasteiger charge is 2.53. The average molecular weight is 331 g/mol. The standard InChI is InChI=1S/C11H13N3O5S2/c1-4(15)19-2-5-3-21-9-6(13-11(12)20)8(16)14(9)7(5)10(17)18/h6,9H,2-3H2,1H3,(H,17,18)(H3,12,13,20)/t6-,9-/m0/s1. The smallest absolute Gasteiger partial charge is 0.352 e. The SMILES string of the molecule is CC(=O)OCC1=C(C(=O)O)N2C(=O)[C@H](NC(N)=S)[C@@H]2SC1. The molecule has 4 N–H and O–H groups in total. The first kappa shape index (κ1) is 15.6. The predicted octanol–water partition coefficient (Wildman–Crippen LogP) is -0.995. The minimum atomic E-state index is -1.23.